The maximum atomic E-state index is 11.1. The van der Waals surface area contributed by atoms with Crippen LogP contribution < -0.4 is 5.32 Å². The molecule has 5 nitrogen and oxygen atoms in total. The first kappa shape index (κ1) is 21.3. The van der Waals surface area contributed by atoms with E-state index in [1.54, 1.807) is 0 Å². The molecule has 0 aromatic heterocycles. The number of benzene rings is 2. The van der Waals surface area contributed by atoms with Gasteiger partial charge in [-0.15, -0.1) is 0 Å². The van der Waals surface area contributed by atoms with Gasteiger partial charge < -0.3 is 10.2 Å². The van der Waals surface area contributed by atoms with E-state index in [4.69, 9.17) is 11.6 Å². The number of amides is 1. The number of nitrogens with zero attached hydrogens (tertiary/aromatic N) is 3. The van der Waals surface area contributed by atoms with Crippen LogP contribution in [0, 0.1) is 11.3 Å². The minimum atomic E-state index is -0.139. The van der Waals surface area contributed by atoms with Gasteiger partial charge in [-0.3, -0.25) is 9.69 Å². The van der Waals surface area contributed by atoms with Crippen LogP contribution in [0.15, 0.2) is 48.5 Å². The lowest BCUT2D eigenvalue weighted by atomic mass is 10.00. The monoisotopic (exact) mass is 410 g/mol. The maximum absolute atomic E-state index is 11.1. The highest BCUT2D eigenvalue weighted by Gasteiger charge is 2.19. The van der Waals surface area contributed by atoms with E-state index in [0.29, 0.717) is 5.02 Å². The third-order valence-electron chi connectivity index (χ3n) is 5.23. The van der Waals surface area contributed by atoms with Crippen LogP contribution in [0.25, 0.3) is 0 Å². The molecular formula is C23H27ClN4O. The molecule has 2 aromatic carbocycles. The number of nitriles is 1. The second-order valence-electron chi connectivity index (χ2n) is 7.54. The van der Waals surface area contributed by atoms with Crippen LogP contribution in [-0.4, -0.2) is 48.4 Å². The quantitative estimate of drug-likeness (QED) is 0.778. The van der Waals surface area contributed by atoms with Crippen molar-refractivity contribution in [3.05, 3.63) is 64.7 Å². The van der Waals surface area contributed by atoms with Crippen LogP contribution in [0.5, 0.6) is 0 Å². The molecule has 2 aromatic rings. The first-order valence-electron chi connectivity index (χ1n) is 10.00. The Labute approximate surface area is 177 Å². The predicted octanol–water partition coefficient (Wildman–Crippen LogP) is 4.11. The lowest BCUT2D eigenvalue weighted by Crippen LogP contribution is -2.33. The van der Waals surface area contributed by atoms with E-state index in [2.05, 4.69) is 33.3 Å². The summed E-state index contributed by atoms with van der Waals surface area (Å²) in [4.78, 5) is 16.0. The van der Waals surface area contributed by atoms with Gasteiger partial charge in [0.2, 0.25) is 5.91 Å². The van der Waals surface area contributed by atoms with Crippen molar-refractivity contribution in [2.24, 2.45) is 0 Å². The highest BCUT2D eigenvalue weighted by Crippen LogP contribution is 2.20. The van der Waals surface area contributed by atoms with E-state index in [0.717, 1.165) is 56.9 Å². The third kappa shape index (κ3) is 6.57. The van der Waals surface area contributed by atoms with Crippen LogP contribution in [0.4, 0.5) is 5.69 Å². The minimum absolute atomic E-state index is 0.0559. The molecule has 1 fully saturated rings. The number of nitrogens with one attached hydrogen (secondary N) is 1. The first-order valence-corrected chi connectivity index (χ1v) is 10.4. The molecule has 1 aliphatic heterocycles. The highest BCUT2D eigenvalue weighted by molar-refractivity contribution is 6.30. The van der Waals surface area contributed by atoms with Crippen LogP contribution >= 0.6 is 11.6 Å². The average molecular weight is 411 g/mol. The highest BCUT2D eigenvalue weighted by atomic mass is 35.5. The van der Waals surface area contributed by atoms with Crippen LogP contribution in [0.3, 0.4) is 0 Å². The number of halogens is 1. The Morgan fingerprint density at radius 2 is 1.72 bits per heavy atom. The lowest BCUT2D eigenvalue weighted by molar-refractivity contribution is -0.114. The van der Waals surface area contributed by atoms with Crippen molar-refractivity contribution in [3.8, 4) is 6.07 Å². The summed E-state index contributed by atoms with van der Waals surface area (Å²) in [5.41, 5.74) is 3.09. The summed E-state index contributed by atoms with van der Waals surface area (Å²) in [6.45, 7) is 7.14. The molecule has 152 valence electrons. The smallest absolute Gasteiger partial charge is 0.221 e. The Kier molecular flexibility index (Phi) is 7.65. The molecule has 3 rings (SSSR count). The number of carbonyl (C=O) groups excluding carboxylic acids is 1. The van der Waals surface area contributed by atoms with Crippen molar-refractivity contribution < 1.29 is 4.79 Å². The van der Waals surface area contributed by atoms with Crippen molar-refractivity contribution in [2.75, 3.05) is 38.0 Å². The third-order valence-corrected chi connectivity index (χ3v) is 5.48. The van der Waals surface area contributed by atoms with E-state index < -0.39 is 0 Å². The molecule has 1 atom stereocenters. The van der Waals surface area contributed by atoms with E-state index in [1.165, 1.54) is 12.5 Å². The number of anilines is 1. The molecule has 0 aliphatic carbocycles. The Bertz CT molecular complexity index is 845. The van der Waals surface area contributed by atoms with Gasteiger partial charge in [0.1, 0.15) is 0 Å². The minimum Gasteiger partial charge on any atom is -0.326 e. The molecule has 29 heavy (non-hydrogen) atoms. The zero-order valence-electron chi connectivity index (χ0n) is 16.8. The van der Waals surface area contributed by atoms with Gasteiger partial charge in [-0.1, -0.05) is 35.9 Å². The summed E-state index contributed by atoms with van der Waals surface area (Å²) in [7, 11) is 0. The zero-order valence-corrected chi connectivity index (χ0v) is 17.5. The number of carbonyl (C=O) groups is 1. The van der Waals surface area contributed by atoms with Gasteiger partial charge >= 0.3 is 0 Å². The Morgan fingerprint density at radius 1 is 1.07 bits per heavy atom. The Balaban J connectivity index is 1.52. The topological polar surface area (TPSA) is 59.4 Å². The lowest BCUT2D eigenvalue weighted by Gasteiger charge is -2.24. The predicted molar refractivity (Wildman–Crippen MR) is 117 cm³/mol. The van der Waals surface area contributed by atoms with Crippen molar-refractivity contribution in [1.29, 1.82) is 5.26 Å². The van der Waals surface area contributed by atoms with Crippen molar-refractivity contribution in [1.82, 2.24) is 9.80 Å². The second-order valence-corrected chi connectivity index (χ2v) is 7.98. The summed E-state index contributed by atoms with van der Waals surface area (Å²) in [6.07, 6.45) is 1.09. The van der Waals surface area contributed by atoms with E-state index in [1.807, 2.05) is 36.4 Å². The standard InChI is InChI=1S/C23H27ClN4O/c1-18(29)26-23-9-3-19(4-10-23)16-27-11-2-12-28(14-13-27)17-21(15-25)20-5-7-22(24)8-6-20/h3-10,21H,2,11-14,16-17H2,1H3,(H,26,29). The van der Waals surface area contributed by atoms with Crippen LogP contribution in [0.2, 0.25) is 5.02 Å². The summed E-state index contributed by atoms with van der Waals surface area (Å²) in [5, 5.41) is 13.1. The fourth-order valence-electron chi connectivity index (χ4n) is 3.69. The molecule has 0 saturated carbocycles. The van der Waals surface area contributed by atoms with Gasteiger partial charge in [-0.2, -0.15) is 5.26 Å². The molecule has 0 spiro atoms. The maximum Gasteiger partial charge on any atom is 0.221 e. The zero-order chi connectivity index (χ0) is 20.6. The molecule has 1 heterocycles. The normalized spacial score (nSPS) is 16.6. The van der Waals surface area contributed by atoms with Crippen molar-refractivity contribution in [2.45, 2.75) is 25.8 Å². The average Bonchev–Trinajstić information content (AvgIpc) is 2.93. The Hall–Kier alpha value is -2.39. The largest absolute Gasteiger partial charge is 0.326 e. The van der Waals surface area contributed by atoms with Gasteiger partial charge in [0.05, 0.1) is 12.0 Å². The summed E-state index contributed by atoms with van der Waals surface area (Å²) in [5.74, 6) is -0.195. The number of hydrogen-bond donors (Lipinski definition) is 1. The summed E-state index contributed by atoms with van der Waals surface area (Å²) >= 11 is 5.97. The van der Waals surface area contributed by atoms with E-state index in [9.17, 15) is 10.1 Å². The molecule has 1 N–H and O–H groups in total. The molecular weight excluding hydrogens is 384 g/mol. The first-order chi connectivity index (χ1) is 14.0. The fraction of sp³-hybridized carbons (Fsp3) is 0.391. The molecule has 1 unspecified atom stereocenters. The van der Waals surface area contributed by atoms with Crippen LogP contribution in [-0.2, 0) is 11.3 Å². The Morgan fingerprint density at radius 3 is 2.38 bits per heavy atom. The molecule has 0 radical (unpaired) electrons. The van der Waals surface area contributed by atoms with Crippen LogP contribution in [0.1, 0.15) is 30.4 Å². The molecule has 1 saturated heterocycles. The molecule has 0 bridgehead atoms. The summed E-state index contributed by atoms with van der Waals surface area (Å²) < 4.78 is 0. The molecule has 6 heteroatoms. The van der Waals surface area contributed by atoms with Crippen molar-refractivity contribution in [3.63, 3.8) is 0 Å². The SMILES string of the molecule is CC(=O)Nc1ccc(CN2CCCN(CC(C#N)c3ccc(Cl)cc3)CC2)cc1. The number of hydrogen-bond acceptors (Lipinski definition) is 4. The number of rotatable bonds is 6. The van der Waals surface area contributed by atoms with Gasteiger partial charge in [0.15, 0.2) is 0 Å². The summed E-state index contributed by atoms with van der Waals surface area (Å²) in [6, 6.07) is 18.1. The molecule has 1 aliphatic rings. The second kappa shape index (κ2) is 10.4. The fourth-order valence-corrected chi connectivity index (χ4v) is 3.82. The molecule has 1 amide bonds. The van der Waals surface area contributed by atoms with Gasteiger partial charge in [0.25, 0.3) is 0 Å². The van der Waals surface area contributed by atoms with Gasteiger partial charge in [-0.05, 0) is 54.9 Å². The van der Waals surface area contributed by atoms with E-state index in [-0.39, 0.29) is 11.8 Å². The van der Waals surface area contributed by atoms with Crippen molar-refractivity contribution >= 4 is 23.2 Å². The van der Waals surface area contributed by atoms with Gasteiger partial charge in [-0.25, -0.2) is 0 Å². The van der Waals surface area contributed by atoms with Gasteiger partial charge in [0, 0.05) is 43.8 Å². The van der Waals surface area contributed by atoms with E-state index >= 15 is 0 Å².